The second-order valence-corrected chi connectivity index (χ2v) is 17.0. The number of halogens is 1. The molecule has 17 nitrogen and oxygen atoms in total. The number of carbonyl (C=O) groups excluding carboxylic acids is 4. The average molecular weight is 794 g/mol. The van der Waals surface area contributed by atoms with Gasteiger partial charge in [-0.05, 0) is 83.0 Å². The molecule has 3 atom stereocenters. The molecule has 1 saturated heterocycles. The highest BCUT2D eigenvalue weighted by Crippen LogP contribution is 2.60. The Balaban J connectivity index is 0.953. The fraction of sp³-hybridized carbons (Fsp3) is 0.641. The molecule has 1 amide bonds. The van der Waals surface area contributed by atoms with Crippen LogP contribution in [0.5, 0.6) is 0 Å². The van der Waals surface area contributed by atoms with Gasteiger partial charge in [0.1, 0.15) is 24.5 Å². The van der Waals surface area contributed by atoms with Gasteiger partial charge >= 0.3 is 35.9 Å². The lowest BCUT2D eigenvalue weighted by atomic mass is 9.52. The van der Waals surface area contributed by atoms with Crippen LogP contribution in [-0.4, -0.2) is 67.4 Å². The van der Waals surface area contributed by atoms with Crippen molar-refractivity contribution >= 4 is 41.0 Å². The standard InChI is InChI=1S/C39H44FN5O12/c1-5-39(19-52-31(47)22-13-37(14-22)8-6-9-37)25(55-32(48)23-15-38(16-23)10-7-11-38)12-26(56-39)45-20-41-28-29(42-33(40)44-30(28)45)43-34(49)57-36(3,4)17-27(46)51-18-24-21(2)53-35(50)54-24/h1,20,22-23,25-26H,6-19H2,2-4H3,(H,42,43,44,49)/t25-,26+,39+/m0/s1. The largest absolute Gasteiger partial charge is 0.519 e. The Morgan fingerprint density at radius 1 is 1.02 bits per heavy atom. The minimum atomic E-state index is -1.67. The number of carbonyl (C=O) groups is 4. The number of esters is 3. The smallest absolute Gasteiger partial charge is 0.461 e. The average Bonchev–Trinajstić information content (AvgIpc) is 3.73. The second kappa shape index (κ2) is 14.3. The summed E-state index contributed by atoms with van der Waals surface area (Å²) in [5, 5.41) is 2.36. The van der Waals surface area contributed by atoms with Crippen LogP contribution in [0.2, 0.25) is 0 Å². The topological polar surface area (TPSA) is 213 Å². The van der Waals surface area contributed by atoms with Gasteiger partial charge in [-0.15, -0.1) is 6.42 Å². The minimum absolute atomic E-state index is 0.00359. The highest BCUT2D eigenvalue weighted by Gasteiger charge is 2.57. The molecule has 4 heterocycles. The lowest BCUT2D eigenvalue weighted by molar-refractivity contribution is -0.182. The molecule has 1 aliphatic heterocycles. The molecule has 3 aromatic rings. The molecular weight excluding hydrogens is 749 g/mol. The van der Waals surface area contributed by atoms with Crippen molar-refractivity contribution in [2.75, 3.05) is 11.9 Å². The lowest BCUT2D eigenvalue weighted by Gasteiger charge is -2.53. The van der Waals surface area contributed by atoms with E-state index in [-0.39, 0.29) is 76.8 Å². The van der Waals surface area contributed by atoms with Crippen molar-refractivity contribution in [1.29, 1.82) is 0 Å². The summed E-state index contributed by atoms with van der Waals surface area (Å²) in [7, 11) is 0. The summed E-state index contributed by atoms with van der Waals surface area (Å²) < 4.78 is 54.8. The zero-order chi connectivity index (χ0) is 40.3. The van der Waals surface area contributed by atoms with Crippen LogP contribution in [0.25, 0.3) is 11.2 Å². The summed E-state index contributed by atoms with van der Waals surface area (Å²) >= 11 is 0. The van der Waals surface area contributed by atoms with Crippen LogP contribution in [0.3, 0.4) is 0 Å². The van der Waals surface area contributed by atoms with Gasteiger partial charge in [-0.3, -0.25) is 24.3 Å². The van der Waals surface area contributed by atoms with Crippen molar-refractivity contribution in [3.05, 3.63) is 34.5 Å². The van der Waals surface area contributed by atoms with E-state index in [4.69, 9.17) is 38.9 Å². The summed E-state index contributed by atoms with van der Waals surface area (Å²) in [6, 6.07) is 0. The molecule has 0 radical (unpaired) electrons. The van der Waals surface area contributed by atoms with Crippen molar-refractivity contribution in [2.45, 2.75) is 128 Å². The Morgan fingerprint density at radius 2 is 1.68 bits per heavy atom. The SMILES string of the molecule is C#C[C@]1(COC(=O)C2CC3(CCC3)C2)O[C@@H](n2cnc3c(NC(=O)OC(C)(C)CC(=O)OCc4oc(=O)oc4C)nc(F)nc32)C[C@@H]1OC(=O)C1CC2(CCC2)C1. The van der Waals surface area contributed by atoms with E-state index < -0.39 is 59.9 Å². The fourth-order valence-corrected chi connectivity index (χ4v) is 9.00. The van der Waals surface area contributed by atoms with Crippen molar-refractivity contribution in [1.82, 2.24) is 19.5 Å². The van der Waals surface area contributed by atoms with Gasteiger partial charge in [0.15, 0.2) is 35.1 Å². The van der Waals surface area contributed by atoms with Crippen LogP contribution in [-0.2, 0) is 44.7 Å². The van der Waals surface area contributed by atoms with Gasteiger partial charge in [0.25, 0.3) is 0 Å². The number of imidazole rings is 1. The van der Waals surface area contributed by atoms with E-state index in [1.54, 1.807) is 0 Å². The molecular formula is C39H44FN5O12. The number of amides is 1. The van der Waals surface area contributed by atoms with Gasteiger partial charge in [0, 0.05) is 6.42 Å². The number of hydrogen-bond acceptors (Lipinski definition) is 15. The Labute approximate surface area is 325 Å². The zero-order valence-corrected chi connectivity index (χ0v) is 31.9. The zero-order valence-electron chi connectivity index (χ0n) is 31.9. The first-order chi connectivity index (χ1) is 27.1. The maximum Gasteiger partial charge on any atom is 0.519 e. The first-order valence-electron chi connectivity index (χ1n) is 19.3. The number of fused-ring (bicyclic) bond motifs is 1. The number of ether oxygens (including phenoxy) is 5. The first kappa shape index (κ1) is 38.6. The van der Waals surface area contributed by atoms with Crippen molar-refractivity contribution in [3.8, 4) is 12.3 Å². The van der Waals surface area contributed by atoms with Gasteiger partial charge in [-0.1, -0.05) is 18.8 Å². The maximum atomic E-state index is 15.0. The lowest BCUT2D eigenvalue weighted by Crippen LogP contribution is -2.51. The number of terminal acetylenes is 1. The minimum Gasteiger partial charge on any atom is -0.461 e. The molecule has 3 aromatic heterocycles. The van der Waals surface area contributed by atoms with Crippen LogP contribution in [0, 0.1) is 48.0 Å². The van der Waals surface area contributed by atoms with E-state index in [0.29, 0.717) is 0 Å². The molecule has 304 valence electrons. The normalized spacial score (nSPS) is 25.7. The predicted molar refractivity (Wildman–Crippen MR) is 191 cm³/mol. The molecule has 18 heteroatoms. The highest BCUT2D eigenvalue weighted by molar-refractivity contribution is 5.93. The number of aryl methyl sites for hydroxylation is 1. The Hall–Kier alpha value is -5.31. The molecule has 8 rings (SSSR count). The van der Waals surface area contributed by atoms with Crippen molar-refractivity contribution in [2.24, 2.45) is 22.7 Å². The Bertz CT molecular complexity index is 2200. The summed E-state index contributed by atoms with van der Waals surface area (Å²) in [4.78, 5) is 75.3. The number of nitrogens with zero attached hydrogens (tertiary/aromatic N) is 4. The van der Waals surface area contributed by atoms with Gasteiger partial charge < -0.3 is 32.5 Å². The summed E-state index contributed by atoms with van der Waals surface area (Å²) in [5.74, 6) is -0.533. The van der Waals surface area contributed by atoms with E-state index in [1.165, 1.54) is 38.1 Å². The number of nitrogens with one attached hydrogen (secondary N) is 1. The fourth-order valence-electron chi connectivity index (χ4n) is 9.00. The van der Waals surface area contributed by atoms with Crippen LogP contribution in [0.4, 0.5) is 15.0 Å². The van der Waals surface area contributed by atoms with Gasteiger partial charge in [0.05, 0.1) is 24.6 Å². The molecule has 1 N–H and O–H groups in total. The summed E-state index contributed by atoms with van der Waals surface area (Å²) in [6.07, 6.45) is 12.4. The van der Waals surface area contributed by atoms with E-state index >= 15 is 4.39 Å². The molecule has 5 aliphatic rings. The first-order valence-corrected chi connectivity index (χ1v) is 19.3. The number of hydrogen-bond donors (Lipinski definition) is 1. The molecule has 0 bridgehead atoms. The quantitative estimate of drug-likeness (QED) is 0.108. The van der Waals surface area contributed by atoms with Crippen LogP contribution < -0.4 is 11.1 Å². The van der Waals surface area contributed by atoms with Gasteiger partial charge in [-0.25, -0.2) is 14.6 Å². The Kier molecular flexibility index (Phi) is 9.65. The third kappa shape index (κ3) is 7.49. The van der Waals surface area contributed by atoms with Crippen LogP contribution in [0.15, 0.2) is 20.0 Å². The van der Waals surface area contributed by atoms with Crippen LogP contribution >= 0.6 is 0 Å². The van der Waals surface area contributed by atoms with E-state index in [0.717, 1.165) is 57.8 Å². The predicted octanol–water partition coefficient (Wildman–Crippen LogP) is 5.19. The number of anilines is 1. The monoisotopic (exact) mass is 793 g/mol. The number of rotatable bonds is 12. The van der Waals surface area contributed by atoms with Gasteiger partial charge in [0.2, 0.25) is 5.60 Å². The van der Waals surface area contributed by atoms with E-state index in [1.807, 2.05) is 0 Å². The highest BCUT2D eigenvalue weighted by atomic mass is 19.1. The maximum absolute atomic E-state index is 15.0. The van der Waals surface area contributed by atoms with E-state index in [2.05, 4.69) is 26.2 Å². The molecule has 5 fully saturated rings. The van der Waals surface area contributed by atoms with Gasteiger partial charge in [-0.2, -0.15) is 14.4 Å². The molecule has 4 aliphatic carbocycles. The van der Waals surface area contributed by atoms with Crippen molar-refractivity contribution in [3.63, 3.8) is 0 Å². The third-order valence-electron chi connectivity index (χ3n) is 12.5. The molecule has 0 aromatic carbocycles. The van der Waals surface area contributed by atoms with E-state index in [9.17, 15) is 24.0 Å². The van der Waals surface area contributed by atoms with Crippen molar-refractivity contribution < 1.29 is 56.1 Å². The molecule has 2 spiro atoms. The molecule has 57 heavy (non-hydrogen) atoms. The molecule has 0 unspecified atom stereocenters. The summed E-state index contributed by atoms with van der Waals surface area (Å²) in [5.41, 5.74) is -2.75. The number of aromatic nitrogens is 4. The summed E-state index contributed by atoms with van der Waals surface area (Å²) in [6.45, 7) is 3.63. The second-order valence-electron chi connectivity index (χ2n) is 17.0. The van der Waals surface area contributed by atoms with Crippen LogP contribution in [0.1, 0.15) is 109 Å². The Morgan fingerprint density at radius 3 is 2.28 bits per heavy atom. The third-order valence-corrected chi connectivity index (χ3v) is 12.5. The molecule has 4 saturated carbocycles.